The summed E-state index contributed by atoms with van der Waals surface area (Å²) in [5.41, 5.74) is 1.33. The number of nitrogens with zero attached hydrogens (tertiary/aromatic N) is 2. The van der Waals surface area contributed by atoms with Crippen LogP contribution in [0.15, 0.2) is 24.5 Å². The third-order valence-electron chi connectivity index (χ3n) is 2.39. The van der Waals surface area contributed by atoms with Crippen molar-refractivity contribution < 1.29 is 4.79 Å². The summed E-state index contributed by atoms with van der Waals surface area (Å²) in [5.74, 6) is 0.430. The second kappa shape index (κ2) is 4.97. The predicted octanol–water partition coefficient (Wildman–Crippen LogP) is 1.70. The van der Waals surface area contributed by atoms with Gasteiger partial charge in [0, 0.05) is 10.6 Å². The first-order chi connectivity index (χ1) is 8.18. The Hall–Kier alpha value is -1.88. The van der Waals surface area contributed by atoms with Gasteiger partial charge in [0.05, 0.1) is 6.54 Å². The summed E-state index contributed by atoms with van der Waals surface area (Å²) in [5, 5.41) is 9.68. The highest BCUT2D eigenvalue weighted by atomic mass is 35.5. The fraction of sp³-hybridized carbons (Fsp3) is 0.182. The summed E-state index contributed by atoms with van der Waals surface area (Å²) in [7, 11) is 0. The molecule has 0 unspecified atom stereocenters. The van der Waals surface area contributed by atoms with Crippen molar-refractivity contribution in [3.8, 4) is 0 Å². The maximum absolute atomic E-state index is 11.9. The number of halogens is 1. The van der Waals surface area contributed by atoms with E-state index in [0.29, 0.717) is 23.0 Å². The minimum atomic E-state index is -0.179. The van der Waals surface area contributed by atoms with Crippen LogP contribution in [0, 0.1) is 6.92 Å². The van der Waals surface area contributed by atoms with E-state index >= 15 is 0 Å². The van der Waals surface area contributed by atoms with Gasteiger partial charge in [-0.3, -0.25) is 9.89 Å². The SMILES string of the molecule is Cc1c(Cl)cccc1C(=O)NCc1ncn[nH]1. The lowest BCUT2D eigenvalue weighted by Crippen LogP contribution is -2.24. The molecule has 0 saturated heterocycles. The number of hydrogen-bond acceptors (Lipinski definition) is 3. The Morgan fingerprint density at radius 1 is 1.53 bits per heavy atom. The highest BCUT2D eigenvalue weighted by Crippen LogP contribution is 2.18. The summed E-state index contributed by atoms with van der Waals surface area (Å²) in [6.45, 7) is 2.12. The Morgan fingerprint density at radius 3 is 3.06 bits per heavy atom. The zero-order valence-electron chi connectivity index (χ0n) is 9.20. The molecular weight excluding hydrogens is 240 g/mol. The summed E-state index contributed by atoms with van der Waals surface area (Å²) < 4.78 is 0. The van der Waals surface area contributed by atoms with Crippen molar-refractivity contribution in [2.24, 2.45) is 0 Å². The summed E-state index contributed by atoms with van der Waals surface area (Å²) in [6.07, 6.45) is 1.39. The first kappa shape index (κ1) is 11.6. The molecule has 17 heavy (non-hydrogen) atoms. The monoisotopic (exact) mass is 250 g/mol. The van der Waals surface area contributed by atoms with Crippen LogP contribution in [0.5, 0.6) is 0 Å². The van der Waals surface area contributed by atoms with Crippen LogP contribution in [0.1, 0.15) is 21.7 Å². The Labute approximate surface area is 103 Å². The number of hydrogen-bond donors (Lipinski definition) is 2. The maximum Gasteiger partial charge on any atom is 0.251 e. The second-order valence-corrected chi connectivity index (χ2v) is 3.93. The molecule has 0 atom stereocenters. The zero-order valence-corrected chi connectivity index (χ0v) is 9.95. The molecule has 2 aromatic rings. The van der Waals surface area contributed by atoms with E-state index in [4.69, 9.17) is 11.6 Å². The van der Waals surface area contributed by atoms with Gasteiger partial charge in [0.25, 0.3) is 5.91 Å². The number of amides is 1. The molecule has 1 amide bonds. The Balaban J connectivity index is 2.07. The van der Waals surface area contributed by atoms with Crippen LogP contribution in [0.4, 0.5) is 0 Å². The number of nitrogens with one attached hydrogen (secondary N) is 2. The normalized spacial score (nSPS) is 10.2. The molecule has 5 nitrogen and oxygen atoms in total. The summed E-state index contributed by atoms with van der Waals surface area (Å²) in [6, 6.07) is 5.24. The van der Waals surface area contributed by atoms with Crippen LogP contribution in [0.2, 0.25) is 5.02 Å². The van der Waals surface area contributed by atoms with Gasteiger partial charge in [-0.2, -0.15) is 5.10 Å². The molecule has 1 heterocycles. The van der Waals surface area contributed by atoms with E-state index in [2.05, 4.69) is 20.5 Å². The van der Waals surface area contributed by atoms with Gasteiger partial charge in [0.15, 0.2) is 0 Å². The molecule has 0 aliphatic carbocycles. The molecule has 1 aromatic carbocycles. The van der Waals surface area contributed by atoms with Crippen molar-refractivity contribution in [2.75, 3.05) is 0 Å². The molecule has 1 aromatic heterocycles. The fourth-order valence-electron chi connectivity index (χ4n) is 1.43. The molecule has 2 N–H and O–H groups in total. The first-order valence-electron chi connectivity index (χ1n) is 5.06. The van der Waals surface area contributed by atoms with Gasteiger partial charge in [0.2, 0.25) is 0 Å². The third-order valence-corrected chi connectivity index (χ3v) is 2.80. The standard InChI is InChI=1S/C11H11ClN4O/c1-7-8(3-2-4-9(7)12)11(17)13-5-10-14-6-15-16-10/h2-4,6H,5H2,1H3,(H,13,17)(H,14,15,16). The van der Waals surface area contributed by atoms with Crippen molar-refractivity contribution in [1.82, 2.24) is 20.5 Å². The van der Waals surface area contributed by atoms with Crippen LogP contribution in [0.3, 0.4) is 0 Å². The topological polar surface area (TPSA) is 70.7 Å². The first-order valence-corrected chi connectivity index (χ1v) is 5.44. The van der Waals surface area contributed by atoms with E-state index in [-0.39, 0.29) is 5.91 Å². The van der Waals surface area contributed by atoms with Gasteiger partial charge >= 0.3 is 0 Å². The highest BCUT2D eigenvalue weighted by Gasteiger charge is 2.10. The van der Waals surface area contributed by atoms with Crippen LogP contribution >= 0.6 is 11.6 Å². The second-order valence-electron chi connectivity index (χ2n) is 3.53. The van der Waals surface area contributed by atoms with Gasteiger partial charge in [-0.1, -0.05) is 17.7 Å². The molecule has 0 aliphatic rings. The molecule has 0 saturated carbocycles. The van der Waals surface area contributed by atoms with Crippen molar-refractivity contribution in [3.05, 3.63) is 46.5 Å². The number of aromatic nitrogens is 3. The van der Waals surface area contributed by atoms with E-state index in [0.717, 1.165) is 5.56 Å². The molecule has 0 aliphatic heterocycles. The molecular formula is C11H11ClN4O. The van der Waals surface area contributed by atoms with Gasteiger partial charge in [-0.25, -0.2) is 4.98 Å². The quantitative estimate of drug-likeness (QED) is 0.871. The average Bonchev–Trinajstić information content (AvgIpc) is 2.82. The summed E-state index contributed by atoms with van der Waals surface area (Å²) in [4.78, 5) is 15.8. The minimum Gasteiger partial charge on any atom is -0.345 e. The Bertz CT molecular complexity index is 524. The number of rotatable bonds is 3. The smallest absolute Gasteiger partial charge is 0.251 e. The summed E-state index contributed by atoms with van der Waals surface area (Å²) >= 11 is 5.95. The average molecular weight is 251 g/mol. The van der Waals surface area contributed by atoms with Gasteiger partial charge in [0.1, 0.15) is 12.2 Å². The highest BCUT2D eigenvalue weighted by molar-refractivity contribution is 6.31. The van der Waals surface area contributed by atoms with E-state index in [1.54, 1.807) is 18.2 Å². The largest absolute Gasteiger partial charge is 0.345 e. The Morgan fingerprint density at radius 2 is 2.35 bits per heavy atom. The lowest BCUT2D eigenvalue weighted by molar-refractivity contribution is 0.0949. The number of benzene rings is 1. The van der Waals surface area contributed by atoms with Crippen LogP contribution < -0.4 is 5.32 Å². The predicted molar refractivity (Wildman–Crippen MR) is 63.7 cm³/mol. The van der Waals surface area contributed by atoms with E-state index < -0.39 is 0 Å². The van der Waals surface area contributed by atoms with Gasteiger partial charge in [-0.05, 0) is 24.6 Å². The Kier molecular flexibility index (Phi) is 3.39. The molecule has 0 fully saturated rings. The van der Waals surface area contributed by atoms with E-state index in [1.807, 2.05) is 6.92 Å². The third kappa shape index (κ3) is 2.62. The molecule has 6 heteroatoms. The van der Waals surface area contributed by atoms with Crippen molar-refractivity contribution in [3.63, 3.8) is 0 Å². The number of aromatic amines is 1. The van der Waals surface area contributed by atoms with Crippen molar-refractivity contribution >= 4 is 17.5 Å². The van der Waals surface area contributed by atoms with Gasteiger partial charge < -0.3 is 5.32 Å². The molecule has 0 bridgehead atoms. The van der Waals surface area contributed by atoms with E-state index in [9.17, 15) is 4.79 Å². The van der Waals surface area contributed by atoms with Gasteiger partial charge in [-0.15, -0.1) is 0 Å². The molecule has 0 radical (unpaired) electrons. The van der Waals surface area contributed by atoms with E-state index in [1.165, 1.54) is 6.33 Å². The molecule has 88 valence electrons. The lowest BCUT2D eigenvalue weighted by Gasteiger charge is -2.07. The van der Waals surface area contributed by atoms with Crippen molar-refractivity contribution in [2.45, 2.75) is 13.5 Å². The fourth-order valence-corrected chi connectivity index (χ4v) is 1.60. The number of carbonyl (C=O) groups excluding carboxylic acids is 1. The molecule has 0 spiro atoms. The number of carbonyl (C=O) groups is 1. The zero-order chi connectivity index (χ0) is 12.3. The lowest BCUT2D eigenvalue weighted by atomic mass is 10.1. The van der Waals surface area contributed by atoms with Crippen LogP contribution in [-0.4, -0.2) is 21.1 Å². The van der Waals surface area contributed by atoms with Crippen molar-refractivity contribution in [1.29, 1.82) is 0 Å². The van der Waals surface area contributed by atoms with Crippen LogP contribution in [0.25, 0.3) is 0 Å². The maximum atomic E-state index is 11.9. The minimum absolute atomic E-state index is 0.179. The van der Waals surface area contributed by atoms with Crippen LogP contribution in [-0.2, 0) is 6.54 Å². The molecule has 2 rings (SSSR count). The number of H-pyrrole nitrogens is 1.